The molecule has 0 bridgehead atoms. The number of amides is 1. The first kappa shape index (κ1) is 14.0. The molecular weight excluding hydrogens is 312 g/mol. The van der Waals surface area contributed by atoms with Crippen molar-refractivity contribution >= 4 is 27.5 Å². The lowest BCUT2D eigenvalue weighted by molar-refractivity contribution is -0.127. The van der Waals surface area contributed by atoms with Crippen molar-refractivity contribution in [1.82, 2.24) is 4.57 Å². The predicted molar refractivity (Wildman–Crippen MR) is 87.7 cm³/mol. The van der Waals surface area contributed by atoms with Gasteiger partial charge in [0.15, 0.2) is 16.3 Å². The monoisotopic (exact) mass is 326 g/mol. The summed E-state index contributed by atoms with van der Waals surface area (Å²) in [5, 5.41) is 0. The number of benzene rings is 2. The van der Waals surface area contributed by atoms with Gasteiger partial charge in [-0.3, -0.25) is 4.79 Å². The fraction of sp³-hybridized carbons (Fsp3) is 0.176. The van der Waals surface area contributed by atoms with E-state index in [2.05, 4.69) is 4.99 Å². The third-order valence-electron chi connectivity index (χ3n) is 3.70. The number of fused-ring (bicyclic) bond motifs is 2. The average Bonchev–Trinajstić information content (AvgIpc) is 2.91. The molecule has 5 nitrogen and oxygen atoms in total. The number of ether oxygens (including phenoxy) is 2. The van der Waals surface area contributed by atoms with Gasteiger partial charge in [-0.15, -0.1) is 0 Å². The molecule has 4 rings (SSSR count). The van der Waals surface area contributed by atoms with Crippen molar-refractivity contribution in [3.05, 3.63) is 53.3 Å². The SMILES string of the molecule is Cn1c(=NC(=O)C2COc3ccccc3O2)sc2ccccc21. The fourth-order valence-corrected chi connectivity index (χ4v) is 3.52. The molecule has 1 atom stereocenters. The molecule has 1 aliphatic rings. The minimum Gasteiger partial charge on any atom is -0.485 e. The van der Waals surface area contributed by atoms with E-state index in [9.17, 15) is 4.79 Å². The van der Waals surface area contributed by atoms with Crippen molar-refractivity contribution in [3.8, 4) is 11.5 Å². The third kappa shape index (κ3) is 2.51. The molecule has 0 aliphatic carbocycles. The molecule has 0 saturated heterocycles. The highest BCUT2D eigenvalue weighted by atomic mass is 32.1. The number of carbonyl (C=O) groups is 1. The molecule has 1 unspecified atom stereocenters. The third-order valence-corrected chi connectivity index (χ3v) is 4.82. The highest BCUT2D eigenvalue weighted by Crippen LogP contribution is 2.31. The minimum absolute atomic E-state index is 0.175. The molecule has 1 aromatic heterocycles. The number of para-hydroxylation sites is 3. The lowest BCUT2D eigenvalue weighted by Crippen LogP contribution is -2.36. The number of aromatic nitrogens is 1. The largest absolute Gasteiger partial charge is 0.485 e. The zero-order valence-electron chi connectivity index (χ0n) is 12.4. The summed E-state index contributed by atoms with van der Waals surface area (Å²) in [6, 6.07) is 15.3. The Morgan fingerprint density at radius 3 is 2.74 bits per heavy atom. The molecule has 2 aromatic carbocycles. The molecule has 0 radical (unpaired) electrons. The normalized spacial score (nSPS) is 17.4. The summed E-state index contributed by atoms with van der Waals surface area (Å²) >= 11 is 1.48. The van der Waals surface area contributed by atoms with E-state index >= 15 is 0 Å². The Bertz CT molecular complexity index is 958. The van der Waals surface area contributed by atoms with Crippen molar-refractivity contribution in [2.75, 3.05) is 6.61 Å². The summed E-state index contributed by atoms with van der Waals surface area (Å²) in [4.78, 5) is 17.3. The average molecular weight is 326 g/mol. The second-order valence-corrected chi connectivity index (χ2v) is 6.23. The summed E-state index contributed by atoms with van der Waals surface area (Å²) in [5.74, 6) is 0.902. The maximum Gasteiger partial charge on any atom is 0.292 e. The topological polar surface area (TPSA) is 52.8 Å². The molecule has 0 fully saturated rings. The van der Waals surface area contributed by atoms with Crippen molar-refractivity contribution in [1.29, 1.82) is 0 Å². The van der Waals surface area contributed by atoms with Gasteiger partial charge in [-0.2, -0.15) is 4.99 Å². The molecule has 6 heteroatoms. The van der Waals surface area contributed by atoms with Crippen LogP contribution in [0.1, 0.15) is 0 Å². The van der Waals surface area contributed by atoms with Crippen LogP contribution in [-0.2, 0) is 11.8 Å². The van der Waals surface area contributed by atoms with Crippen LogP contribution in [0.25, 0.3) is 10.2 Å². The summed E-state index contributed by atoms with van der Waals surface area (Å²) < 4.78 is 14.3. The van der Waals surface area contributed by atoms with Gasteiger partial charge < -0.3 is 14.0 Å². The van der Waals surface area contributed by atoms with Gasteiger partial charge >= 0.3 is 0 Å². The Morgan fingerprint density at radius 2 is 1.91 bits per heavy atom. The van der Waals surface area contributed by atoms with Gasteiger partial charge in [-0.25, -0.2) is 0 Å². The number of rotatable bonds is 1. The lowest BCUT2D eigenvalue weighted by Gasteiger charge is -2.23. The van der Waals surface area contributed by atoms with E-state index in [1.54, 1.807) is 6.07 Å². The number of hydrogen-bond acceptors (Lipinski definition) is 4. The van der Waals surface area contributed by atoms with E-state index < -0.39 is 6.10 Å². The van der Waals surface area contributed by atoms with E-state index in [1.807, 2.05) is 54.1 Å². The second-order valence-electron chi connectivity index (χ2n) is 5.23. The van der Waals surface area contributed by atoms with Gasteiger partial charge in [0.2, 0.25) is 6.10 Å². The Labute approximate surface area is 136 Å². The molecule has 116 valence electrons. The first-order chi connectivity index (χ1) is 11.2. The molecule has 0 N–H and O–H groups in total. The first-order valence-corrected chi connectivity index (χ1v) is 8.05. The van der Waals surface area contributed by atoms with Crippen LogP contribution in [0.15, 0.2) is 53.5 Å². The van der Waals surface area contributed by atoms with Crippen molar-refractivity contribution in [2.24, 2.45) is 12.0 Å². The van der Waals surface area contributed by atoms with Crippen LogP contribution in [0.2, 0.25) is 0 Å². The summed E-state index contributed by atoms with van der Waals surface area (Å²) in [6.45, 7) is 0.175. The number of hydrogen-bond donors (Lipinski definition) is 0. The molecule has 2 heterocycles. The smallest absolute Gasteiger partial charge is 0.292 e. The van der Waals surface area contributed by atoms with Crippen molar-refractivity contribution in [2.45, 2.75) is 6.10 Å². The van der Waals surface area contributed by atoms with Crippen LogP contribution in [-0.4, -0.2) is 23.2 Å². The van der Waals surface area contributed by atoms with Gasteiger partial charge in [-0.05, 0) is 24.3 Å². The van der Waals surface area contributed by atoms with E-state index in [0.717, 1.165) is 10.2 Å². The van der Waals surface area contributed by atoms with Crippen LogP contribution in [0, 0.1) is 0 Å². The molecule has 1 aliphatic heterocycles. The highest BCUT2D eigenvalue weighted by Gasteiger charge is 2.27. The van der Waals surface area contributed by atoms with Crippen LogP contribution in [0.4, 0.5) is 0 Å². The van der Waals surface area contributed by atoms with Gasteiger partial charge in [0.05, 0.1) is 10.2 Å². The lowest BCUT2D eigenvalue weighted by atomic mass is 10.2. The number of nitrogens with zero attached hydrogens (tertiary/aromatic N) is 2. The quantitative estimate of drug-likeness (QED) is 0.690. The van der Waals surface area contributed by atoms with Gasteiger partial charge in [-0.1, -0.05) is 35.6 Å². The molecule has 1 amide bonds. The second kappa shape index (κ2) is 5.55. The molecule has 0 spiro atoms. The summed E-state index contributed by atoms with van der Waals surface area (Å²) in [7, 11) is 1.90. The van der Waals surface area contributed by atoms with Gasteiger partial charge in [0, 0.05) is 7.05 Å². The molecule has 23 heavy (non-hydrogen) atoms. The van der Waals surface area contributed by atoms with Crippen molar-refractivity contribution < 1.29 is 14.3 Å². The Balaban J connectivity index is 1.66. The van der Waals surface area contributed by atoms with E-state index in [0.29, 0.717) is 16.3 Å². The number of thiazole rings is 1. The van der Waals surface area contributed by atoms with Crippen LogP contribution in [0.5, 0.6) is 11.5 Å². The van der Waals surface area contributed by atoms with Crippen LogP contribution in [0.3, 0.4) is 0 Å². The highest BCUT2D eigenvalue weighted by molar-refractivity contribution is 7.16. The summed E-state index contributed by atoms with van der Waals surface area (Å²) in [6.07, 6.45) is -0.713. The van der Waals surface area contributed by atoms with Gasteiger partial charge in [0.25, 0.3) is 5.91 Å². The molecule has 3 aromatic rings. The number of aryl methyl sites for hydroxylation is 1. The maximum atomic E-state index is 12.4. The van der Waals surface area contributed by atoms with Gasteiger partial charge in [0.1, 0.15) is 6.61 Å². The Hall–Kier alpha value is -2.60. The van der Waals surface area contributed by atoms with E-state index in [4.69, 9.17) is 9.47 Å². The number of carbonyl (C=O) groups excluding carboxylic acids is 1. The van der Waals surface area contributed by atoms with Crippen molar-refractivity contribution in [3.63, 3.8) is 0 Å². The van der Waals surface area contributed by atoms with E-state index in [1.165, 1.54) is 11.3 Å². The molecular formula is C17H14N2O3S. The zero-order chi connectivity index (χ0) is 15.8. The maximum absolute atomic E-state index is 12.4. The predicted octanol–water partition coefficient (Wildman–Crippen LogP) is 2.51. The van der Waals surface area contributed by atoms with Crippen LogP contribution < -0.4 is 14.3 Å². The Morgan fingerprint density at radius 1 is 1.17 bits per heavy atom. The Kier molecular flexibility index (Phi) is 3.38. The summed E-state index contributed by atoms with van der Waals surface area (Å²) in [5.41, 5.74) is 1.05. The molecule has 0 saturated carbocycles. The zero-order valence-corrected chi connectivity index (χ0v) is 13.2. The fourth-order valence-electron chi connectivity index (χ4n) is 2.50. The van der Waals surface area contributed by atoms with E-state index in [-0.39, 0.29) is 12.5 Å². The minimum atomic E-state index is -0.713. The standard InChI is InChI=1S/C17H14N2O3S/c1-19-11-6-2-5-9-15(11)23-17(19)18-16(20)14-10-21-12-7-3-4-8-13(12)22-14/h2-9,14H,10H2,1H3. The first-order valence-electron chi connectivity index (χ1n) is 7.24. The van der Waals surface area contributed by atoms with Crippen LogP contribution >= 0.6 is 11.3 Å².